The zero-order valence-corrected chi connectivity index (χ0v) is 13.2. The van der Waals surface area contributed by atoms with E-state index in [0.717, 1.165) is 18.4 Å². The molecule has 1 aromatic carbocycles. The zero-order valence-electron chi connectivity index (χ0n) is 12.4. The van der Waals surface area contributed by atoms with E-state index in [9.17, 15) is 8.42 Å². The standard InChI is InChI=1S/C15H23N3O2S/c1-17(11-13-5-3-2-4-6-13)21(19,20)18-10-9-14-7-8-15(12-18)16-14/h2-6,14-16H,7-12H2,1H3. The molecule has 6 heteroatoms. The Morgan fingerprint density at radius 1 is 1.19 bits per heavy atom. The molecule has 0 spiro atoms. The van der Waals surface area contributed by atoms with Gasteiger partial charge in [0.1, 0.15) is 0 Å². The van der Waals surface area contributed by atoms with Crippen LogP contribution in [0.1, 0.15) is 24.8 Å². The van der Waals surface area contributed by atoms with E-state index in [4.69, 9.17) is 0 Å². The van der Waals surface area contributed by atoms with Crippen LogP contribution in [0.15, 0.2) is 30.3 Å². The Morgan fingerprint density at radius 2 is 1.90 bits per heavy atom. The molecule has 2 saturated heterocycles. The number of nitrogens with zero attached hydrogens (tertiary/aromatic N) is 2. The minimum absolute atomic E-state index is 0.317. The highest BCUT2D eigenvalue weighted by Crippen LogP contribution is 2.23. The highest BCUT2D eigenvalue weighted by molar-refractivity contribution is 7.86. The van der Waals surface area contributed by atoms with Gasteiger partial charge < -0.3 is 5.32 Å². The van der Waals surface area contributed by atoms with E-state index >= 15 is 0 Å². The Hall–Kier alpha value is -0.950. The van der Waals surface area contributed by atoms with Gasteiger partial charge in [-0.1, -0.05) is 30.3 Å². The number of benzene rings is 1. The van der Waals surface area contributed by atoms with Crippen molar-refractivity contribution in [2.75, 3.05) is 20.1 Å². The van der Waals surface area contributed by atoms with Gasteiger partial charge in [-0.3, -0.25) is 0 Å². The molecule has 2 bridgehead atoms. The highest BCUT2D eigenvalue weighted by atomic mass is 32.2. The van der Waals surface area contributed by atoms with Crippen molar-refractivity contribution in [2.24, 2.45) is 0 Å². The van der Waals surface area contributed by atoms with Crippen molar-refractivity contribution in [3.05, 3.63) is 35.9 Å². The van der Waals surface area contributed by atoms with E-state index in [2.05, 4.69) is 5.32 Å². The number of fused-ring (bicyclic) bond motifs is 2. The Balaban J connectivity index is 1.70. The maximum atomic E-state index is 12.7. The summed E-state index contributed by atoms with van der Waals surface area (Å²) in [5.41, 5.74) is 1.01. The van der Waals surface area contributed by atoms with E-state index in [-0.39, 0.29) is 0 Å². The number of nitrogens with one attached hydrogen (secondary N) is 1. The molecule has 0 aromatic heterocycles. The second-order valence-corrected chi connectivity index (χ2v) is 8.07. The quantitative estimate of drug-likeness (QED) is 0.909. The lowest BCUT2D eigenvalue weighted by Crippen LogP contribution is -2.45. The second kappa shape index (κ2) is 6.04. The van der Waals surface area contributed by atoms with Gasteiger partial charge in [0, 0.05) is 38.8 Å². The summed E-state index contributed by atoms with van der Waals surface area (Å²) in [7, 11) is -1.71. The van der Waals surface area contributed by atoms with Gasteiger partial charge in [0.2, 0.25) is 0 Å². The van der Waals surface area contributed by atoms with Crippen LogP contribution in [0.5, 0.6) is 0 Å². The lowest BCUT2D eigenvalue weighted by atomic mass is 10.1. The summed E-state index contributed by atoms with van der Waals surface area (Å²) < 4.78 is 28.6. The molecule has 2 heterocycles. The van der Waals surface area contributed by atoms with Gasteiger partial charge in [-0.25, -0.2) is 0 Å². The number of rotatable bonds is 4. The van der Waals surface area contributed by atoms with Crippen LogP contribution in [0.25, 0.3) is 0 Å². The van der Waals surface area contributed by atoms with Crippen LogP contribution in [0, 0.1) is 0 Å². The summed E-state index contributed by atoms with van der Waals surface area (Å²) in [6, 6.07) is 10.5. The Kier molecular flexibility index (Phi) is 4.31. The Labute approximate surface area is 127 Å². The predicted molar refractivity (Wildman–Crippen MR) is 83.0 cm³/mol. The summed E-state index contributed by atoms with van der Waals surface area (Å²) >= 11 is 0. The molecule has 1 N–H and O–H groups in total. The summed E-state index contributed by atoms with van der Waals surface area (Å²) in [5, 5.41) is 3.52. The predicted octanol–water partition coefficient (Wildman–Crippen LogP) is 1.19. The third-order valence-electron chi connectivity index (χ3n) is 4.45. The molecule has 0 radical (unpaired) electrons. The molecule has 0 saturated carbocycles. The molecule has 3 rings (SSSR count). The minimum Gasteiger partial charge on any atom is -0.310 e. The van der Waals surface area contributed by atoms with E-state index < -0.39 is 10.2 Å². The monoisotopic (exact) mass is 309 g/mol. The van der Waals surface area contributed by atoms with Crippen molar-refractivity contribution in [3.63, 3.8) is 0 Å². The smallest absolute Gasteiger partial charge is 0.282 e. The number of hydrogen-bond donors (Lipinski definition) is 1. The zero-order chi connectivity index (χ0) is 14.9. The third-order valence-corrected chi connectivity index (χ3v) is 6.36. The van der Waals surface area contributed by atoms with Gasteiger partial charge >= 0.3 is 0 Å². The summed E-state index contributed by atoms with van der Waals surface area (Å²) in [5.74, 6) is 0. The lowest BCUT2D eigenvalue weighted by molar-refractivity contribution is 0.340. The average Bonchev–Trinajstić information content (AvgIpc) is 2.78. The molecule has 2 fully saturated rings. The Morgan fingerprint density at radius 3 is 2.67 bits per heavy atom. The molecule has 116 valence electrons. The van der Waals surface area contributed by atoms with Crippen LogP contribution in [0.2, 0.25) is 0 Å². The van der Waals surface area contributed by atoms with E-state index in [0.29, 0.717) is 31.7 Å². The van der Waals surface area contributed by atoms with Crippen molar-refractivity contribution < 1.29 is 8.42 Å². The second-order valence-electron chi connectivity index (χ2n) is 6.03. The first-order valence-electron chi connectivity index (χ1n) is 7.57. The number of hydrogen-bond acceptors (Lipinski definition) is 3. The fourth-order valence-electron chi connectivity index (χ4n) is 3.24. The summed E-state index contributed by atoms with van der Waals surface area (Å²) in [4.78, 5) is 0. The van der Waals surface area contributed by atoms with Gasteiger partial charge in [-0.15, -0.1) is 0 Å². The molecule has 2 aliphatic heterocycles. The van der Waals surface area contributed by atoms with E-state index in [1.165, 1.54) is 10.7 Å². The fourth-order valence-corrected chi connectivity index (χ4v) is 4.65. The third kappa shape index (κ3) is 3.29. The fraction of sp³-hybridized carbons (Fsp3) is 0.600. The van der Waals surface area contributed by atoms with E-state index in [1.54, 1.807) is 11.4 Å². The molecule has 2 atom stereocenters. The van der Waals surface area contributed by atoms with Crippen LogP contribution in [0.4, 0.5) is 0 Å². The summed E-state index contributed by atoms with van der Waals surface area (Å²) in [6.07, 6.45) is 3.17. The molecule has 0 aliphatic carbocycles. The summed E-state index contributed by atoms with van der Waals surface area (Å²) in [6.45, 7) is 1.63. The molecule has 2 aliphatic rings. The SMILES string of the molecule is CN(Cc1ccccc1)S(=O)(=O)N1CCC2CCC(C1)N2. The van der Waals surface area contributed by atoms with Gasteiger partial charge in [0.15, 0.2) is 0 Å². The molecule has 1 aromatic rings. The van der Waals surface area contributed by atoms with Crippen molar-refractivity contribution in [3.8, 4) is 0 Å². The average molecular weight is 309 g/mol. The van der Waals surface area contributed by atoms with Gasteiger partial charge in [0.05, 0.1) is 0 Å². The first kappa shape index (κ1) is 15.0. The molecular weight excluding hydrogens is 286 g/mol. The van der Waals surface area contributed by atoms with Crippen molar-refractivity contribution in [2.45, 2.75) is 37.9 Å². The van der Waals surface area contributed by atoms with Crippen molar-refractivity contribution in [1.29, 1.82) is 0 Å². The molecule has 5 nitrogen and oxygen atoms in total. The van der Waals surface area contributed by atoms with Crippen molar-refractivity contribution in [1.82, 2.24) is 13.9 Å². The molecule has 0 amide bonds. The lowest BCUT2D eigenvalue weighted by Gasteiger charge is -2.28. The van der Waals surface area contributed by atoms with E-state index in [1.807, 2.05) is 30.3 Å². The topological polar surface area (TPSA) is 52.7 Å². The first-order chi connectivity index (χ1) is 10.1. The largest absolute Gasteiger partial charge is 0.310 e. The first-order valence-corrected chi connectivity index (χ1v) is 8.97. The maximum absolute atomic E-state index is 12.7. The van der Waals surface area contributed by atoms with Crippen LogP contribution < -0.4 is 5.32 Å². The minimum atomic E-state index is -3.38. The van der Waals surface area contributed by atoms with Crippen LogP contribution in [0.3, 0.4) is 0 Å². The van der Waals surface area contributed by atoms with Crippen LogP contribution in [-0.2, 0) is 16.8 Å². The highest BCUT2D eigenvalue weighted by Gasteiger charge is 2.35. The normalized spacial score (nSPS) is 27.0. The van der Waals surface area contributed by atoms with Crippen molar-refractivity contribution >= 4 is 10.2 Å². The maximum Gasteiger partial charge on any atom is 0.282 e. The van der Waals surface area contributed by atoms with Crippen LogP contribution >= 0.6 is 0 Å². The molecular formula is C15H23N3O2S. The Bertz CT molecular complexity index is 576. The molecule has 2 unspecified atom stereocenters. The van der Waals surface area contributed by atoms with Gasteiger partial charge in [0.25, 0.3) is 10.2 Å². The molecule has 21 heavy (non-hydrogen) atoms. The van der Waals surface area contributed by atoms with Crippen LogP contribution in [-0.4, -0.2) is 49.2 Å². The van der Waals surface area contributed by atoms with Gasteiger partial charge in [-0.2, -0.15) is 17.0 Å². The van der Waals surface area contributed by atoms with Gasteiger partial charge in [-0.05, 0) is 24.8 Å².